The van der Waals surface area contributed by atoms with E-state index in [0.29, 0.717) is 11.4 Å². The Morgan fingerprint density at radius 1 is 1.22 bits per heavy atom. The fraction of sp³-hybridized carbons (Fsp3) is 0.0667. The summed E-state index contributed by atoms with van der Waals surface area (Å²) in [6, 6.07) is 5.61. The maximum atomic E-state index is 13.2. The molecular formula is C15H15FN2. The molecule has 0 unspecified atom stereocenters. The van der Waals surface area contributed by atoms with Crippen molar-refractivity contribution < 1.29 is 4.39 Å². The van der Waals surface area contributed by atoms with Crippen molar-refractivity contribution in [1.29, 1.82) is 0 Å². The second-order valence-corrected chi connectivity index (χ2v) is 4.11. The molecule has 0 saturated carbocycles. The van der Waals surface area contributed by atoms with E-state index in [-0.39, 0.29) is 12.2 Å². The number of nitrogen functional groups attached to an aromatic ring is 1. The zero-order chi connectivity index (χ0) is 13.1. The third kappa shape index (κ3) is 2.35. The second-order valence-electron chi connectivity index (χ2n) is 4.11. The first-order valence-electron chi connectivity index (χ1n) is 5.66. The lowest BCUT2D eigenvalue weighted by molar-refractivity contribution is 0.619. The lowest BCUT2D eigenvalue weighted by Gasteiger charge is -2.09. The van der Waals surface area contributed by atoms with Gasteiger partial charge in [0.05, 0.1) is 0 Å². The Hall–Kier alpha value is -2.29. The highest BCUT2D eigenvalue weighted by atomic mass is 19.1. The van der Waals surface area contributed by atoms with Crippen LogP contribution in [0.1, 0.15) is 17.5 Å². The first kappa shape index (κ1) is 12.2. The molecule has 0 aromatic heterocycles. The minimum atomic E-state index is -0.205. The SMILES string of the molecule is C=Cc1ccc(C2=CCC(F)=CC=C2N)cc1N. The van der Waals surface area contributed by atoms with Gasteiger partial charge in [0.25, 0.3) is 0 Å². The van der Waals surface area contributed by atoms with Gasteiger partial charge in [-0.05, 0) is 29.3 Å². The van der Waals surface area contributed by atoms with Gasteiger partial charge in [0.1, 0.15) is 5.83 Å². The lowest BCUT2D eigenvalue weighted by atomic mass is 9.99. The van der Waals surface area contributed by atoms with Gasteiger partial charge in [-0.25, -0.2) is 4.39 Å². The van der Waals surface area contributed by atoms with Crippen molar-refractivity contribution in [2.24, 2.45) is 5.73 Å². The Morgan fingerprint density at radius 3 is 2.67 bits per heavy atom. The average Bonchev–Trinajstić information content (AvgIpc) is 2.52. The molecule has 0 aliphatic heterocycles. The van der Waals surface area contributed by atoms with Gasteiger partial charge in [0.15, 0.2) is 0 Å². The van der Waals surface area contributed by atoms with Crippen LogP contribution < -0.4 is 11.5 Å². The highest BCUT2D eigenvalue weighted by Gasteiger charge is 2.09. The largest absolute Gasteiger partial charge is 0.398 e. The van der Waals surface area contributed by atoms with Crippen LogP contribution in [0.4, 0.5) is 10.1 Å². The van der Waals surface area contributed by atoms with Crippen LogP contribution in [-0.2, 0) is 0 Å². The standard InChI is InChI=1S/C15H15FN2/c1-2-10-3-4-11(9-15(10)18)13-7-5-12(16)6-8-14(13)17/h2-4,6-9H,1,5,17-18H2. The molecule has 1 aliphatic carbocycles. The first-order valence-corrected chi connectivity index (χ1v) is 5.66. The zero-order valence-corrected chi connectivity index (χ0v) is 9.99. The van der Waals surface area contributed by atoms with Gasteiger partial charge >= 0.3 is 0 Å². The van der Waals surface area contributed by atoms with Crippen LogP contribution in [0.2, 0.25) is 0 Å². The highest BCUT2D eigenvalue weighted by molar-refractivity contribution is 5.82. The Balaban J connectivity index is 2.44. The van der Waals surface area contributed by atoms with Crippen molar-refractivity contribution in [2.45, 2.75) is 6.42 Å². The van der Waals surface area contributed by atoms with Crippen LogP contribution in [0.3, 0.4) is 0 Å². The summed E-state index contributed by atoms with van der Waals surface area (Å²) in [4.78, 5) is 0. The summed E-state index contributed by atoms with van der Waals surface area (Å²) in [6.45, 7) is 3.69. The molecule has 1 aliphatic rings. The van der Waals surface area contributed by atoms with E-state index in [4.69, 9.17) is 11.5 Å². The normalized spacial score (nSPS) is 15.3. The quantitative estimate of drug-likeness (QED) is 0.781. The summed E-state index contributed by atoms with van der Waals surface area (Å²) in [5, 5.41) is 0. The Morgan fingerprint density at radius 2 is 2.00 bits per heavy atom. The fourth-order valence-electron chi connectivity index (χ4n) is 1.87. The number of hydrogen-bond acceptors (Lipinski definition) is 2. The van der Waals surface area contributed by atoms with Crippen molar-refractivity contribution in [2.75, 3.05) is 5.73 Å². The van der Waals surface area contributed by atoms with Crippen LogP contribution in [0.15, 0.2) is 54.5 Å². The second kappa shape index (κ2) is 4.92. The molecule has 1 aromatic carbocycles. The molecule has 2 nitrogen and oxygen atoms in total. The fourth-order valence-corrected chi connectivity index (χ4v) is 1.87. The summed E-state index contributed by atoms with van der Waals surface area (Å²) in [5.74, 6) is -0.205. The molecule has 0 radical (unpaired) electrons. The predicted molar refractivity (Wildman–Crippen MR) is 75.0 cm³/mol. The Kier molecular flexibility index (Phi) is 3.33. The van der Waals surface area contributed by atoms with Gasteiger partial charge in [-0.15, -0.1) is 0 Å². The molecule has 0 spiro atoms. The van der Waals surface area contributed by atoms with Crippen molar-refractivity contribution in [3.63, 3.8) is 0 Å². The van der Waals surface area contributed by atoms with E-state index in [1.54, 1.807) is 18.2 Å². The minimum absolute atomic E-state index is 0.205. The van der Waals surface area contributed by atoms with E-state index in [1.165, 1.54) is 6.08 Å². The maximum absolute atomic E-state index is 13.2. The van der Waals surface area contributed by atoms with E-state index in [2.05, 4.69) is 6.58 Å². The molecule has 3 heteroatoms. The Bertz CT molecular complexity index is 580. The predicted octanol–water partition coefficient (Wildman–Crippen LogP) is 3.39. The third-order valence-electron chi connectivity index (χ3n) is 2.87. The van der Waals surface area contributed by atoms with E-state index in [0.717, 1.165) is 16.7 Å². The van der Waals surface area contributed by atoms with Gasteiger partial charge < -0.3 is 11.5 Å². The molecule has 0 atom stereocenters. The molecule has 4 N–H and O–H groups in total. The first-order chi connectivity index (χ1) is 8.61. The van der Waals surface area contributed by atoms with Gasteiger partial charge in [-0.1, -0.05) is 30.9 Å². The molecule has 0 amide bonds. The minimum Gasteiger partial charge on any atom is -0.398 e. The molecule has 92 valence electrons. The number of nitrogens with two attached hydrogens (primary N) is 2. The van der Waals surface area contributed by atoms with Crippen LogP contribution in [-0.4, -0.2) is 0 Å². The number of hydrogen-bond donors (Lipinski definition) is 2. The maximum Gasteiger partial charge on any atom is 0.104 e. The molecule has 1 aromatic rings. The van der Waals surface area contributed by atoms with E-state index < -0.39 is 0 Å². The smallest absolute Gasteiger partial charge is 0.104 e. The van der Waals surface area contributed by atoms with Crippen molar-refractivity contribution in [3.8, 4) is 0 Å². The lowest BCUT2D eigenvalue weighted by Crippen LogP contribution is -2.01. The number of benzene rings is 1. The van der Waals surface area contributed by atoms with Crippen molar-refractivity contribution in [1.82, 2.24) is 0 Å². The van der Waals surface area contributed by atoms with E-state index in [1.807, 2.05) is 18.2 Å². The molecule has 18 heavy (non-hydrogen) atoms. The summed E-state index contributed by atoms with van der Waals surface area (Å²) in [7, 11) is 0. The Labute approximate surface area is 106 Å². The topological polar surface area (TPSA) is 52.0 Å². The van der Waals surface area contributed by atoms with Gasteiger partial charge in [-0.2, -0.15) is 0 Å². The van der Waals surface area contributed by atoms with Crippen molar-refractivity contribution in [3.05, 3.63) is 65.7 Å². The summed E-state index contributed by atoms with van der Waals surface area (Å²) in [6.07, 6.45) is 6.68. The molecule has 0 fully saturated rings. The van der Waals surface area contributed by atoms with Crippen LogP contribution in [0, 0.1) is 0 Å². The number of anilines is 1. The number of allylic oxidation sites excluding steroid dienone is 5. The van der Waals surface area contributed by atoms with Gasteiger partial charge in [-0.3, -0.25) is 0 Å². The van der Waals surface area contributed by atoms with Crippen molar-refractivity contribution >= 4 is 17.3 Å². The summed E-state index contributed by atoms with van der Waals surface area (Å²) >= 11 is 0. The number of halogens is 1. The molecule has 0 heterocycles. The van der Waals surface area contributed by atoms with Crippen LogP contribution in [0.5, 0.6) is 0 Å². The van der Waals surface area contributed by atoms with E-state index in [9.17, 15) is 4.39 Å². The molecule has 2 rings (SSSR count). The van der Waals surface area contributed by atoms with Crippen LogP contribution in [0.25, 0.3) is 11.6 Å². The highest BCUT2D eigenvalue weighted by Crippen LogP contribution is 2.27. The van der Waals surface area contributed by atoms with E-state index >= 15 is 0 Å². The molecular weight excluding hydrogens is 227 g/mol. The molecule has 0 saturated heterocycles. The summed E-state index contributed by atoms with van der Waals surface area (Å²) < 4.78 is 13.2. The molecule has 0 bridgehead atoms. The number of rotatable bonds is 2. The monoisotopic (exact) mass is 242 g/mol. The van der Waals surface area contributed by atoms with Gasteiger partial charge in [0.2, 0.25) is 0 Å². The van der Waals surface area contributed by atoms with Crippen LogP contribution >= 0.6 is 0 Å². The zero-order valence-electron chi connectivity index (χ0n) is 9.99. The average molecular weight is 242 g/mol. The summed E-state index contributed by atoms with van der Waals surface area (Å²) in [5.41, 5.74) is 15.6. The third-order valence-corrected chi connectivity index (χ3v) is 2.87. The van der Waals surface area contributed by atoms with Gasteiger partial charge in [0, 0.05) is 23.4 Å².